The molecule has 1 aliphatic rings. The second-order valence-electron chi connectivity index (χ2n) is 3.49. The Morgan fingerprint density at radius 2 is 2.33 bits per heavy atom. The molecular weight excluding hydrogens is 156 g/mol. The maximum Gasteiger partial charge on any atom is 0.303 e. The normalized spacial score (nSPS) is 30.1. The first-order valence-corrected chi connectivity index (χ1v) is 4.47. The van der Waals surface area contributed by atoms with E-state index in [9.17, 15) is 4.79 Å². The molecule has 0 aromatic heterocycles. The average molecular weight is 172 g/mol. The fourth-order valence-electron chi connectivity index (χ4n) is 1.89. The van der Waals surface area contributed by atoms with Gasteiger partial charge in [-0.15, -0.1) is 0 Å². The van der Waals surface area contributed by atoms with Crippen molar-refractivity contribution < 1.29 is 14.6 Å². The van der Waals surface area contributed by atoms with Crippen LogP contribution < -0.4 is 0 Å². The molecule has 2 atom stereocenters. The molecule has 1 fully saturated rings. The second-order valence-corrected chi connectivity index (χ2v) is 3.49. The Labute approximate surface area is 72.7 Å². The van der Waals surface area contributed by atoms with Crippen molar-refractivity contribution in [2.45, 2.75) is 38.2 Å². The zero-order chi connectivity index (χ0) is 8.97. The van der Waals surface area contributed by atoms with Gasteiger partial charge in [0.2, 0.25) is 0 Å². The molecule has 0 saturated heterocycles. The van der Waals surface area contributed by atoms with Crippen molar-refractivity contribution in [3.8, 4) is 0 Å². The van der Waals surface area contributed by atoms with E-state index in [1.165, 1.54) is 0 Å². The van der Waals surface area contributed by atoms with Gasteiger partial charge >= 0.3 is 5.97 Å². The molecule has 0 radical (unpaired) electrons. The number of hydrogen-bond donors (Lipinski definition) is 1. The lowest BCUT2D eigenvalue weighted by atomic mass is 9.85. The van der Waals surface area contributed by atoms with Gasteiger partial charge in [0.25, 0.3) is 0 Å². The number of ether oxygens (including phenoxy) is 1. The molecule has 12 heavy (non-hydrogen) atoms. The number of aliphatic carboxylic acids is 1. The molecule has 1 aliphatic carbocycles. The Hall–Kier alpha value is -0.570. The van der Waals surface area contributed by atoms with Crippen LogP contribution in [0.3, 0.4) is 0 Å². The smallest absolute Gasteiger partial charge is 0.303 e. The Kier molecular flexibility index (Phi) is 3.53. The molecule has 0 aromatic rings. The summed E-state index contributed by atoms with van der Waals surface area (Å²) < 4.78 is 5.21. The third kappa shape index (κ3) is 2.81. The van der Waals surface area contributed by atoms with Crippen molar-refractivity contribution in [1.29, 1.82) is 0 Å². The predicted molar refractivity (Wildman–Crippen MR) is 45.0 cm³/mol. The minimum absolute atomic E-state index is 0.295. The monoisotopic (exact) mass is 172 g/mol. The number of carboxylic acid groups (broad SMARTS) is 1. The van der Waals surface area contributed by atoms with Gasteiger partial charge in [-0.3, -0.25) is 4.79 Å². The third-order valence-electron chi connectivity index (χ3n) is 2.53. The maximum absolute atomic E-state index is 10.4. The third-order valence-corrected chi connectivity index (χ3v) is 2.53. The number of hydrogen-bond acceptors (Lipinski definition) is 2. The van der Waals surface area contributed by atoms with Crippen LogP contribution in [0.2, 0.25) is 0 Å². The molecule has 0 aliphatic heterocycles. The highest BCUT2D eigenvalue weighted by Crippen LogP contribution is 2.28. The van der Waals surface area contributed by atoms with Crippen LogP contribution in [0, 0.1) is 5.92 Å². The fraction of sp³-hybridized carbons (Fsp3) is 0.889. The lowest BCUT2D eigenvalue weighted by Crippen LogP contribution is -2.23. The summed E-state index contributed by atoms with van der Waals surface area (Å²) in [5, 5.41) is 8.58. The number of carboxylic acids is 1. The molecule has 0 bridgehead atoms. The van der Waals surface area contributed by atoms with E-state index in [1.54, 1.807) is 7.11 Å². The molecule has 0 unspecified atom stereocenters. The Balaban J connectivity index is 2.30. The van der Waals surface area contributed by atoms with Gasteiger partial charge in [0.15, 0.2) is 0 Å². The van der Waals surface area contributed by atoms with E-state index >= 15 is 0 Å². The van der Waals surface area contributed by atoms with Crippen LogP contribution in [0.4, 0.5) is 0 Å². The highest BCUT2D eigenvalue weighted by atomic mass is 16.5. The van der Waals surface area contributed by atoms with Crippen molar-refractivity contribution in [1.82, 2.24) is 0 Å². The van der Waals surface area contributed by atoms with E-state index in [-0.39, 0.29) is 0 Å². The van der Waals surface area contributed by atoms with Crippen LogP contribution in [-0.4, -0.2) is 24.3 Å². The summed E-state index contributed by atoms with van der Waals surface area (Å²) in [5.74, 6) is -0.349. The summed E-state index contributed by atoms with van der Waals surface area (Å²) in [7, 11) is 1.70. The molecule has 1 saturated carbocycles. The molecule has 0 amide bonds. The molecule has 0 heterocycles. The van der Waals surface area contributed by atoms with Gasteiger partial charge in [0.1, 0.15) is 0 Å². The average Bonchev–Trinajstić information content (AvgIpc) is 2.03. The van der Waals surface area contributed by atoms with Gasteiger partial charge in [0.05, 0.1) is 6.10 Å². The van der Waals surface area contributed by atoms with Crippen molar-refractivity contribution in [2.75, 3.05) is 7.11 Å². The molecule has 70 valence electrons. The topological polar surface area (TPSA) is 46.5 Å². The van der Waals surface area contributed by atoms with Crippen LogP contribution >= 0.6 is 0 Å². The fourth-order valence-corrected chi connectivity index (χ4v) is 1.89. The first kappa shape index (κ1) is 9.52. The lowest BCUT2D eigenvalue weighted by Gasteiger charge is -2.26. The van der Waals surface area contributed by atoms with E-state index in [1.807, 2.05) is 0 Å². The summed E-state index contributed by atoms with van der Waals surface area (Å²) >= 11 is 0. The number of carbonyl (C=O) groups is 1. The second kappa shape index (κ2) is 4.45. The molecule has 0 spiro atoms. The zero-order valence-electron chi connectivity index (χ0n) is 7.45. The minimum atomic E-state index is -0.684. The quantitative estimate of drug-likeness (QED) is 0.704. The highest BCUT2D eigenvalue weighted by molar-refractivity contribution is 5.67. The highest BCUT2D eigenvalue weighted by Gasteiger charge is 2.23. The van der Waals surface area contributed by atoms with Crippen LogP contribution in [0.5, 0.6) is 0 Å². The van der Waals surface area contributed by atoms with Gasteiger partial charge in [-0.1, -0.05) is 6.42 Å². The molecule has 3 nitrogen and oxygen atoms in total. The molecule has 0 aromatic carbocycles. The molecule has 1 rings (SSSR count). The van der Waals surface area contributed by atoms with E-state index in [4.69, 9.17) is 9.84 Å². The Morgan fingerprint density at radius 3 is 2.92 bits per heavy atom. The number of rotatable bonds is 3. The summed E-state index contributed by atoms with van der Waals surface area (Å²) in [6.45, 7) is 0. The summed E-state index contributed by atoms with van der Waals surface area (Å²) in [5.41, 5.74) is 0. The van der Waals surface area contributed by atoms with Gasteiger partial charge < -0.3 is 9.84 Å². The lowest BCUT2D eigenvalue weighted by molar-refractivity contribution is -0.138. The van der Waals surface area contributed by atoms with Crippen molar-refractivity contribution in [3.05, 3.63) is 0 Å². The SMILES string of the molecule is CO[C@@H]1CCC[C@H](CC(=O)O)C1. The standard InChI is InChI=1S/C9H16O3/c1-12-8-4-2-3-7(5-8)6-9(10)11/h7-8H,2-6H2,1H3,(H,10,11)/t7-,8+/m0/s1. The van der Waals surface area contributed by atoms with Gasteiger partial charge in [-0.25, -0.2) is 0 Å². The predicted octanol–water partition coefficient (Wildman–Crippen LogP) is 1.67. The zero-order valence-corrected chi connectivity index (χ0v) is 7.45. The van der Waals surface area contributed by atoms with Crippen molar-refractivity contribution in [3.63, 3.8) is 0 Å². The van der Waals surface area contributed by atoms with Crippen LogP contribution in [0.15, 0.2) is 0 Å². The van der Waals surface area contributed by atoms with Crippen LogP contribution in [0.25, 0.3) is 0 Å². The molecular formula is C9H16O3. The molecule has 1 N–H and O–H groups in total. The minimum Gasteiger partial charge on any atom is -0.481 e. The first-order chi connectivity index (χ1) is 5.72. The summed E-state index contributed by atoms with van der Waals surface area (Å²) in [6.07, 6.45) is 4.76. The van der Waals surface area contributed by atoms with E-state index in [0.29, 0.717) is 18.4 Å². The van der Waals surface area contributed by atoms with E-state index in [0.717, 1.165) is 25.7 Å². The van der Waals surface area contributed by atoms with Crippen molar-refractivity contribution >= 4 is 5.97 Å². The van der Waals surface area contributed by atoms with Gasteiger partial charge in [-0.05, 0) is 25.2 Å². The Bertz CT molecular complexity index is 156. The van der Waals surface area contributed by atoms with E-state index < -0.39 is 5.97 Å². The summed E-state index contributed by atoms with van der Waals surface area (Å²) in [4.78, 5) is 10.4. The largest absolute Gasteiger partial charge is 0.481 e. The number of methoxy groups -OCH3 is 1. The van der Waals surface area contributed by atoms with Crippen molar-refractivity contribution in [2.24, 2.45) is 5.92 Å². The Morgan fingerprint density at radius 1 is 1.58 bits per heavy atom. The van der Waals surface area contributed by atoms with Crippen LogP contribution in [0.1, 0.15) is 32.1 Å². The van der Waals surface area contributed by atoms with Gasteiger partial charge in [0, 0.05) is 13.5 Å². The summed E-state index contributed by atoms with van der Waals surface area (Å²) in [6, 6.07) is 0. The van der Waals surface area contributed by atoms with Crippen LogP contribution in [-0.2, 0) is 9.53 Å². The maximum atomic E-state index is 10.4. The van der Waals surface area contributed by atoms with E-state index in [2.05, 4.69) is 0 Å². The van der Waals surface area contributed by atoms with Gasteiger partial charge in [-0.2, -0.15) is 0 Å². The molecule has 3 heteroatoms. The first-order valence-electron chi connectivity index (χ1n) is 4.47.